The maximum atomic E-state index is 10.7. The number of fused-ring (bicyclic) bond motifs is 1. The van der Waals surface area contributed by atoms with E-state index in [1.807, 2.05) is 44.2 Å². The molecule has 2 aromatic carbocycles. The molecule has 0 fully saturated rings. The van der Waals surface area contributed by atoms with Gasteiger partial charge in [0.15, 0.2) is 0 Å². The van der Waals surface area contributed by atoms with Gasteiger partial charge in [-0.25, -0.2) is 0 Å². The molecular weight excluding hydrogens is 274 g/mol. The quantitative estimate of drug-likeness (QED) is 0.737. The van der Waals surface area contributed by atoms with E-state index in [4.69, 9.17) is 0 Å². The summed E-state index contributed by atoms with van der Waals surface area (Å²) in [5.41, 5.74) is 5.26. The van der Waals surface area contributed by atoms with Crippen molar-refractivity contribution in [3.8, 4) is 11.4 Å². The minimum atomic E-state index is -0.145. The SMILES string of the molecule is Cc1cc(-n2nc3ccc(C)cc3n2)c(O)c(C(C)(C)C)c1. The summed E-state index contributed by atoms with van der Waals surface area (Å²) in [4.78, 5) is 1.53. The Morgan fingerprint density at radius 1 is 0.909 bits per heavy atom. The highest BCUT2D eigenvalue weighted by Crippen LogP contribution is 2.36. The summed E-state index contributed by atoms with van der Waals surface area (Å²) in [7, 11) is 0. The lowest BCUT2D eigenvalue weighted by molar-refractivity contribution is 0.440. The zero-order chi connectivity index (χ0) is 16.1. The Labute approximate surface area is 130 Å². The zero-order valence-corrected chi connectivity index (χ0v) is 13.7. The average Bonchev–Trinajstić information content (AvgIpc) is 2.82. The fourth-order valence-electron chi connectivity index (χ4n) is 2.62. The number of rotatable bonds is 1. The molecule has 0 amide bonds. The molecule has 3 aromatic rings. The predicted molar refractivity (Wildman–Crippen MR) is 88.7 cm³/mol. The van der Waals surface area contributed by atoms with Gasteiger partial charge >= 0.3 is 0 Å². The van der Waals surface area contributed by atoms with E-state index in [1.54, 1.807) is 0 Å². The summed E-state index contributed by atoms with van der Waals surface area (Å²) in [5, 5.41) is 19.7. The van der Waals surface area contributed by atoms with Crippen LogP contribution >= 0.6 is 0 Å². The van der Waals surface area contributed by atoms with Gasteiger partial charge in [-0.15, -0.1) is 15.0 Å². The van der Waals surface area contributed by atoms with Crippen LogP contribution in [0.5, 0.6) is 5.75 Å². The summed E-state index contributed by atoms with van der Waals surface area (Å²) in [6, 6.07) is 9.89. The molecule has 0 aliphatic carbocycles. The van der Waals surface area contributed by atoms with Gasteiger partial charge in [-0.2, -0.15) is 0 Å². The number of aromatic hydroxyl groups is 1. The van der Waals surface area contributed by atoms with E-state index >= 15 is 0 Å². The van der Waals surface area contributed by atoms with Crippen molar-refractivity contribution in [3.63, 3.8) is 0 Å². The first-order chi connectivity index (χ1) is 10.3. The molecule has 4 heteroatoms. The van der Waals surface area contributed by atoms with Crippen molar-refractivity contribution in [2.75, 3.05) is 0 Å². The Kier molecular flexibility index (Phi) is 3.20. The Hall–Kier alpha value is -2.36. The number of aromatic nitrogens is 3. The maximum absolute atomic E-state index is 10.7. The van der Waals surface area contributed by atoms with Gasteiger partial charge < -0.3 is 5.11 Å². The highest BCUT2D eigenvalue weighted by Gasteiger charge is 2.22. The first-order valence-corrected chi connectivity index (χ1v) is 7.44. The van der Waals surface area contributed by atoms with Crippen molar-refractivity contribution >= 4 is 11.0 Å². The highest BCUT2D eigenvalue weighted by molar-refractivity contribution is 5.75. The molecule has 0 saturated carbocycles. The van der Waals surface area contributed by atoms with Gasteiger partial charge in [0.25, 0.3) is 0 Å². The molecule has 22 heavy (non-hydrogen) atoms. The fourth-order valence-corrected chi connectivity index (χ4v) is 2.62. The zero-order valence-electron chi connectivity index (χ0n) is 13.7. The van der Waals surface area contributed by atoms with Gasteiger partial charge in [-0.05, 0) is 48.6 Å². The van der Waals surface area contributed by atoms with E-state index in [2.05, 4.69) is 31.0 Å². The minimum Gasteiger partial charge on any atom is -0.505 e. The molecule has 4 nitrogen and oxygen atoms in total. The Morgan fingerprint density at radius 2 is 1.59 bits per heavy atom. The number of aryl methyl sites for hydroxylation is 2. The molecular formula is C18H21N3O. The van der Waals surface area contributed by atoms with E-state index in [1.165, 1.54) is 4.80 Å². The summed E-state index contributed by atoms with van der Waals surface area (Å²) < 4.78 is 0. The molecule has 0 bridgehead atoms. The molecule has 0 saturated heterocycles. The summed E-state index contributed by atoms with van der Waals surface area (Å²) >= 11 is 0. The lowest BCUT2D eigenvalue weighted by Gasteiger charge is -2.22. The third kappa shape index (κ3) is 2.45. The van der Waals surface area contributed by atoms with Crippen molar-refractivity contribution in [3.05, 3.63) is 47.0 Å². The molecule has 0 unspecified atom stereocenters. The lowest BCUT2D eigenvalue weighted by Crippen LogP contribution is -2.13. The number of phenols is 1. The normalized spacial score (nSPS) is 12.0. The first-order valence-electron chi connectivity index (χ1n) is 7.44. The monoisotopic (exact) mass is 295 g/mol. The minimum absolute atomic E-state index is 0.145. The van der Waals surface area contributed by atoms with Crippen LogP contribution in [-0.2, 0) is 5.41 Å². The predicted octanol–water partition coefficient (Wildman–Crippen LogP) is 4.04. The number of hydrogen-bond acceptors (Lipinski definition) is 3. The highest BCUT2D eigenvalue weighted by atomic mass is 16.3. The van der Waals surface area contributed by atoms with Crippen molar-refractivity contribution in [2.45, 2.75) is 40.0 Å². The molecule has 1 heterocycles. The molecule has 0 atom stereocenters. The Morgan fingerprint density at radius 3 is 2.27 bits per heavy atom. The van der Waals surface area contributed by atoms with Crippen molar-refractivity contribution in [1.29, 1.82) is 0 Å². The van der Waals surface area contributed by atoms with Crippen molar-refractivity contribution in [1.82, 2.24) is 15.0 Å². The van der Waals surface area contributed by atoms with E-state index < -0.39 is 0 Å². The van der Waals surface area contributed by atoms with Crippen LogP contribution in [0.15, 0.2) is 30.3 Å². The fraction of sp³-hybridized carbons (Fsp3) is 0.333. The second-order valence-corrected chi connectivity index (χ2v) is 6.91. The second-order valence-electron chi connectivity index (χ2n) is 6.91. The van der Waals surface area contributed by atoms with Crippen LogP contribution in [-0.4, -0.2) is 20.1 Å². The molecule has 0 radical (unpaired) electrons. The van der Waals surface area contributed by atoms with Crippen LogP contribution in [0.3, 0.4) is 0 Å². The molecule has 0 aliphatic heterocycles. The topological polar surface area (TPSA) is 50.9 Å². The number of hydrogen-bond donors (Lipinski definition) is 1. The van der Waals surface area contributed by atoms with Crippen LogP contribution < -0.4 is 0 Å². The van der Waals surface area contributed by atoms with Crippen molar-refractivity contribution in [2.24, 2.45) is 0 Å². The van der Waals surface area contributed by atoms with Crippen LogP contribution in [0.2, 0.25) is 0 Å². The molecule has 1 aromatic heterocycles. The van der Waals surface area contributed by atoms with E-state index in [9.17, 15) is 5.11 Å². The third-order valence-corrected chi connectivity index (χ3v) is 3.79. The smallest absolute Gasteiger partial charge is 0.146 e. The van der Waals surface area contributed by atoms with Crippen LogP contribution in [0, 0.1) is 13.8 Å². The summed E-state index contributed by atoms with van der Waals surface area (Å²) in [6.07, 6.45) is 0. The van der Waals surface area contributed by atoms with Gasteiger partial charge in [0.2, 0.25) is 0 Å². The van der Waals surface area contributed by atoms with Gasteiger partial charge in [0, 0.05) is 5.56 Å². The molecule has 3 rings (SSSR count). The number of nitrogens with zero attached hydrogens (tertiary/aromatic N) is 3. The molecule has 114 valence electrons. The van der Waals surface area contributed by atoms with E-state index in [-0.39, 0.29) is 11.2 Å². The Bertz CT molecular complexity index is 857. The average molecular weight is 295 g/mol. The standard InChI is InChI=1S/C18H21N3O/c1-11-6-7-14-15(9-11)20-21(19-14)16-10-12(2)8-13(17(16)22)18(3,4)5/h6-10,22H,1-5H3. The number of benzene rings is 2. The largest absolute Gasteiger partial charge is 0.505 e. The van der Waals surface area contributed by atoms with Crippen LogP contribution in [0.1, 0.15) is 37.5 Å². The van der Waals surface area contributed by atoms with E-state index in [0.29, 0.717) is 5.69 Å². The molecule has 0 aliphatic rings. The summed E-state index contributed by atoms with van der Waals surface area (Å²) in [5.74, 6) is 0.245. The van der Waals surface area contributed by atoms with E-state index in [0.717, 1.165) is 27.7 Å². The Balaban J connectivity index is 2.24. The second kappa shape index (κ2) is 4.83. The molecule has 0 spiro atoms. The van der Waals surface area contributed by atoms with Crippen molar-refractivity contribution < 1.29 is 5.11 Å². The summed E-state index contributed by atoms with van der Waals surface area (Å²) in [6.45, 7) is 10.3. The van der Waals surface area contributed by atoms with Gasteiger partial charge in [0.05, 0.1) is 0 Å². The van der Waals surface area contributed by atoms with Gasteiger partial charge in [-0.3, -0.25) is 0 Å². The van der Waals surface area contributed by atoms with Gasteiger partial charge in [0.1, 0.15) is 22.5 Å². The lowest BCUT2D eigenvalue weighted by atomic mass is 9.85. The molecule has 1 N–H and O–H groups in total. The number of phenolic OH excluding ortho intramolecular Hbond substituents is 1. The van der Waals surface area contributed by atoms with Gasteiger partial charge in [-0.1, -0.05) is 32.9 Å². The third-order valence-electron chi connectivity index (χ3n) is 3.79. The first kappa shape index (κ1) is 14.6. The van der Waals surface area contributed by atoms with Crippen LogP contribution in [0.25, 0.3) is 16.7 Å². The van der Waals surface area contributed by atoms with Crippen LogP contribution in [0.4, 0.5) is 0 Å². The maximum Gasteiger partial charge on any atom is 0.146 e.